The van der Waals surface area contributed by atoms with Gasteiger partial charge in [0.2, 0.25) is 0 Å². The molecule has 0 aromatic carbocycles. The van der Waals surface area contributed by atoms with Crippen LogP contribution in [0.2, 0.25) is 0 Å². The van der Waals surface area contributed by atoms with Crippen LogP contribution >= 0.6 is 0 Å². The van der Waals surface area contributed by atoms with Gasteiger partial charge in [0.1, 0.15) is 0 Å². The van der Waals surface area contributed by atoms with Gasteiger partial charge in [0.05, 0.1) is 0 Å². The van der Waals surface area contributed by atoms with Gasteiger partial charge in [-0.25, -0.2) is 0 Å². The van der Waals surface area contributed by atoms with Gasteiger partial charge in [-0.1, -0.05) is 0 Å². The summed E-state index contributed by atoms with van der Waals surface area (Å²) in [5.74, 6) is 0. The van der Waals surface area contributed by atoms with Gasteiger partial charge in [-0.2, -0.15) is 8.42 Å². The fourth-order valence-corrected chi connectivity index (χ4v) is 0. The molecular formula is H14BaO11S. The van der Waals surface area contributed by atoms with E-state index in [9.17, 15) is 0 Å². The molecule has 0 aromatic rings. The Kier molecular flexibility index (Phi) is 269. The molecule has 13 heteroatoms. The fraction of sp³-hybridized carbons (Fsp3) is 0. The molecule has 0 saturated heterocycles. The second-order valence-electron chi connectivity index (χ2n) is 0.448. The summed E-state index contributed by atoms with van der Waals surface area (Å²) in [5.41, 5.74) is 0. The van der Waals surface area contributed by atoms with Crippen molar-refractivity contribution in [3.8, 4) is 0 Å². The van der Waals surface area contributed by atoms with Crippen molar-refractivity contribution in [3.05, 3.63) is 0 Å². The van der Waals surface area contributed by atoms with E-state index in [-0.39, 0.29) is 87.2 Å². The average Bonchev–Trinajstić information content (AvgIpc) is 0.722. The minimum atomic E-state index is -4.67. The van der Waals surface area contributed by atoms with E-state index in [1.165, 1.54) is 0 Å². The number of hydrogen-bond acceptors (Lipinski definition) is 4. The standard InChI is InChI=1S/Ba.H2O4S.7H2O/c;1-5(2,3)4;;;;;;;/h;(H2,1,2,3,4);7*1H2/q+2;;;;;;;;/p-2. The molecule has 11 nitrogen and oxygen atoms in total. The van der Waals surface area contributed by atoms with E-state index in [1.54, 1.807) is 0 Å². The molecule has 0 aliphatic carbocycles. The molecule has 0 saturated carbocycles. The van der Waals surface area contributed by atoms with E-state index < -0.39 is 10.4 Å². The van der Waals surface area contributed by atoms with Crippen molar-refractivity contribution in [1.82, 2.24) is 0 Å². The minimum absolute atomic E-state index is 0. The monoisotopic (exact) mass is 360 g/mol. The minimum Gasteiger partial charge on any atom is -0.870 e. The van der Waals surface area contributed by atoms with Gasteiger partial charge in [-0.3, -0.25) is 9.11 Å². The van der Waals surface area contributed by atoms with Crippen molar-refractivity contribution in [1.29, 1.82) is 0 Å². The Labute approximate surface area is 114 Å². The third-order valence-electron chi connectivity index (χ3n) is 0. The Bertz CT molecular complexity index is 93.3. The molecule has 13 heavy (non-hydrogen) atoms. The molecule has 0 atom stereocenters. The van der Waals surface area contributed by atoms with Crippen molar-refractivity contribution in [3.63, 3.8) is 0 Å². The molecule has 0 rings (SSSR count). The van der Waals surface area contributed by atoms with Crippen LogP contribution in [0.25, 0.3) is 0 Å². The molecule has 0 heterocycles. The summed E-state index contributed by atoms with van der Waals surface area (Å²) in [6.07, 6.45) is 0. The molecule has 88 valence electrons. The first-order valence-electron chi connectivity index (χ1n) is 0.698. The quantitative estimate of drug-likeness (QED) is 0.313. The maximum atomic E-state index is 8.74. The molecule has 0 bridgehead atoms. The number of rotatable bonds is 0. The zero-order valence-electron chi connectivity index (χ0n) is 6.22. The van der Waals surface area contributed by atoms with E-state index >= 15 is 0 Å². The van der Waals surface area contributed by atoms with Crippen LogP contribution in [0.5, 0.6) is 0 Å². The first kappa shape index (κ1) is 92.1. The molecule has 0 aromatic heterocycles. The van der Waals surface area contributed by atoms with Crippen LogP contribution in [-0.2, 0) is 10.4 Å². The Morgan fingerprint density at radius 1 is 0.692 bits per heavy atom. The van der Waals surface area contributed by atoms with Crippen molar-refractivity contribution in [2.75, 3.05) is 0 Å². The van der Waals surface area contributed by atoms with Gasteiger partial charge in [0.25, 0.3) is 0 Å². The van der Waals surface area contributed by atoms with E-state index in [2.05, 4.69) is 0 Å². The fourth-order valence-electron chi connectivity index (χ4n) is 0. The molecule has 0 unspecified atom stereocenters. The first-order valence-corrected chi connectivity index (χ1v) is 2.10. The Morgan fingerprint density at radius 3 is 0.692 bits per heavy atom. The zero-order valence-corrected chi connectivity index (χ0v) is 11.5. The van der Waals surface area contributed by atoms with Gasteiger partial charge in [0, 0.05) is 0 Å². The van der Waals surface area contributed by atoms with Crippen LogP contribution in [0.3, 0.4) is 0 Å². The summed E-state index contributed by atoms with van der Waals surface area (Å²) >= 11 is 0. The second kappa shape index (κ2) is 38.0. The topological polar surface area (TPSA) is 292 Å². The van der Waals surface area contributed by atoms with Crippen LogP contribution in [0.15, 0.2) is 0 Å². The summed E-state index contributed by atoms with van der Waals surface area (Å²) in [6.45, 7) is 0. The van der Waals surface area contributed by atoms with E-state index in [0.717, 1.165) is 0 Å². The van der Waals surface area contributed by atoms with E-state index in [0.29, 0.717) is 0 Å². The average molecular weight is 359 g/mol. The molecule has 0 aliphatic rings. The summed E-state index contributed by atoms with van der Waals surface area (Å²) in [7, 11) is -4.67. The molecule has 0 spiro atoms. The molecule has 14 N–H and O–H groups in total. The Balaban J connectivity index is -0.00000000286. The predicted molar refractivity (Wildman–Crippen MR) is 41.9 cm³/mol. The van der Waals surface area contributed by atoms with Crippen LogP contribution in [0.4, 0.5) is 0 Å². The van der Waals surface area contributed by atoms with Gasteiger partial charge >= 0.3 is 59.3 Å². The summed E-state index contributed by atoms with van der Waals surface area (Å²) in [6, 6.07) is 0. The molecule has 0 aliphatic heterocycles. The maximum Gasteiger partial charge on any atom is 2.00 e. The van der Waals surface area contributed by atoms with Crippen molar-refractivity contribution < 1.29 is 55.9 Å². The van der Waals surface area contributed by atoms with E-state index in [1.807, 2.05) is 0 Å². The smallest absolute Gasteiger partial charge is 0.870 e. The third kappa shape index (κ3) is 1220. The largest absolute Gasteiger partial charge is 2.00 e. The summed E-state index contributed by atoms with van der Waals surface area (Å²) in [4.78, 5) is 0. The predicted octanol–water partition coefficient (Wildman–Crippen LogP) is -5.51. The first-order chi connectivity index (χ1) is 2.00. The summed E-state index contributed by atoms with van der Waals surface area (Å²) < 4.78 is 31.6. The van der Waals surface area contributed by atoms with Crippen LogP contribution in [0.1, 0.15) is 0 Å². The Hall–Kier alpha value is 1.16. The molecule has 0 radical (unpaired) electrons. The molecule has 0 amide bonds. The molecular weight excluding hydrogens is 345 g/mol. The van der Waals surface area contributed by atoms with Gasteiger partial charge in [-0.15, -0.1) is 0 Å². The van der Waals surface area contributed by atoms with E-state index in [4.69, 9.17) is 17.5 Å². The SMILES string of the molecule is O.O.O.O.O.O=S(=O)(O)O.[Ba+2].[OH-].[OH-]. The zero-order chi connectivity index (χ0) is 4.50. The van der Waals surface area contributed by atoms with Crippen LogP contribution in [-0.4, -0.2) is 105 Å². The van der Waals surface area contributed by atoms with Crippen molar-refractivity contribution in [2.45, 2.75) is 0 Å². The summed E-state index contributed by atoms with van der Waals surface area (Å²) in [5, 5.41) is 0. The van der Waals surface area contributed by atoms with Gasteiger partial charge in [0.15, 0.2) is 0 Å². The normalized spacial score (nSPS) is 4.46. The second-order valence-corrected chi connectivity index (χ2v) is 1.34. The third-order valence-corrected chi connectivity index (χ3v) is 0. The van der Waals surface area contributed by atoms with Gasteiger partial charge < -0.3 is 38.3 Å². The van der Waals surface area contributed by atoms with Crippen molar-refractivity contribution >= 4 is 59.3 Å². The van der Waals surface area contributed by atoms with Crippen LogP contribution in [0, 0.1) is 0 Å². The van der Waals surface area contributed by atoms with Crippen molar-refractivity contribution in [2.24, 2.45) is 0 Å². The van der Waals surface area contributed by atoms with Gasteiger partial charge in [-0.05, 0) is 0 Å². The number of hydrogen-bond donors (Lipinski definition) is 2. The maximum absolute atomic E-state index is 8.74. The Morgan fingerprint density at radius 2 is 0.692 bits per heavy atom. The molecule has 0 fully saturated rings. The van der Waals surface area contributed by atoms with Crippen LogP contribution < -0.4 is 0 Å².